The van der Waals surface area contributed by atoms with Gasteiger partial charge in [-0.15, -0.1) is 0 Å². The first-order valence-corrected chi connectivity index (χ1v) is 8.62. The van der Waals surface area contributed by atoms with E-state index >= 15 is 0 Å². The smallest absolute Gasteiger partial charge is 0.236 e. The maximum atomic E-state index is 12.5. The summed E-state index contributed by atoms with van der Waals surface area (Å²) in [7, 11) is 1.89. The first-order valence-electron chi connectivity index (χ1n) is 8.62. The van der Waals surface area contributed by atoms with Crippen LogP contribution in [0.2, 0.25) is 0 Å². The number of benzene rings is 1. The fourth-order valence-electron chi connectivity index (χ4n) is 3.28. The third kappa shape index (κ3) is 4.23. The highest BCUT2D eigenvalue weighted by atomic mass is 16.2. The molecule has 5 heteroatoms. The van der Waals surface area contributed by atoms with E-state index in [1.54, 1.807) is 0 Å². The van der Waals surface area contributed by atoms with E-state index in [9.17, 15) is 4.79 Å². The van der Waals surface area contributed by atoms with E-state index in [0.29, 0.717) is 19.0 Å². The summed E-state index contributed by atoms with van der Waals surface area (Å²) in [5.41, 5.74) is 3.71. The van der Waals surface area contributed by atoms with E-state index in [1.165, 1.54) is 16.7 Å². The van der Waals surface area contributed by atoms with Gasteiger partial charge in [0.1, 0.15) is 0 Å². The molecule has 1 aromatic heterocycles. The number of carbonyl (C=O) groups is 1. The maximum absolute atomic E-state index is 12.5. The minimum absolute atomic E-state index is 0.192. The third-order valence-corrected chi connectivity index (χ3v) is 4.90. The van der Waals surface area contributed by atoms with E-state index in [1.807, 2.05) is 24.3 Å². The molecule has 1 N–H and O–H groups in total. The number of likely N-dealkylation sites (tertiary alicyclic amines) is 1. The number of aromatic amines is 1. The summed E-state index contributed by atoms with van der Waals surface area (Å²) in [6, 6.07) is 8.37. The SMILES string of the molecule is Cc1ccc(CN(C)C(=O)CN2CCC(c3cn[nH]c3)CC2)cc1. The van der Waals surface area contributed by atoms with E-state index < -0.39 is 0 Å². The van der Waals surface area contributed by atoms with Gasteiger partial charge in [-0.2, -0.15) is 5.10 Å². The predicted octanol–water partition coefficient (Wildman–Crippen LogP) is 2.56. The first kappa shape index (κ1) is 16.7. The van der Waals surface area contributed by atoms with Crippen molar-refractivity contribution in [3.63, 3.8) is 0 Å². The Labute approximate surface area is 143 Å². The maximum Gasteiger partial charge on any atom is 0.236 e. The largest absolute Gasteiger partial charge is 0.340 e. The second kappa shape index (κ2) is 7.62. The molecular formula is C19H26N4O. The molecule has 1 saturated heterocycles. The summed E-state index contributed by atoms with van der Waals surface area (Å²) < 4.78 is 0. The van der Waals surface area contributed by atoms with Crippen LogP contribution in [0.5, 0.6) is 0 Å². The molecule has 1 fully saturated rings. The molecule has 1 aromatic carbocycles. The highest BCUT2D eigenvalue weighted by molar-refractivity contribution is 5.78. The van der Waals surface area contributed by atoms with Crippen LogP contribution in [0.1, 0.15) is 35.4 Å². The van der Waals surface area contributed by atoms with Crippen LogP contribution in [0.4, 0.5) is 0 Å². The molecule has 0 unspecified atom stereocenters. The fourth-order valence-corrected chi connectivity index (χ4v) is 3.28. The van der Waals surface area contributed by atoms with E-state index in [4.69, 9.17) is 0 Å². The number of nitrogens with one attached hydrogen (secondary N) is 1. The zero-order valence-electron chi connectivity index (χ0n) is 14.5. The molecule has 2 aromatic rings. The van der Waals surface area contributed by atoms with Crippen LogP contribution in [0, 0.1) is 6.92 Å². The number of likely N-dealkylation sites (N-methyl/N-ethyl adjacent to an activating group) is 1. The van der Waals surface area contributed by atoms with Gasteiger partial charge in [0.2, 0.25) is 5.91 Å². The van der Waals surface area contributed by atoms with Gasteiger partial charge in [-0.3, -0.25) is 14.8 Å². The molecule has 2 heterocycles. The highest BCUT2D eigenvalue weighted by Crippen LogP contribution is 2.26. The molecular weight excluding hydrogens is 300 g/mol. The Balaban J connectivity index is 1.46. The standard InChI is InChI=1S/C19H26N4O/c1-15-3-5-16(6-4-15)13-22(2)19(24)14-23-9-7-17(8-10-23)18-11-20-21-12-18/h3-6,11-12,17H,7-10,13-14H2,1-2H3,(H,20,21). The van der Waals surface area contributed by atoms with E-state index in [-0.39, 0.29) is 5.91 Å². The van der Waals surface area contributed by atoms with Gasteiger partial charge >= 0.3 is 0 Å². The Hall–Kier alpha value is -2.14. The monoisotopic (exact) mass is 326 g/mol. The summed E-state index contributed by atoms with van der Waals surface area (Å²) in [5, 5.41) is 6.92. The molecule has 0 atom stereocenters. The molecule has 24 heavy (non-hydrogen) atoms. The Morgan fingerprint density at radius 2 is 2.00 bits per heavy atom. The second-order valence-electron chi connectivity index (χ2n) is 6.82. The first-order chi connectivity index (χ1) is 11.6. The predicted molar refractivity (Wildman–Crippen MR) is 94.7 cm³/mol. The van der Waals surface area contributed by atoms with Crippen molar-refractivity contribution in [2.24, 2.45) is 0 Å². The van der Waals surface area contributed by atoms with Crippen LogP contribution >= 0.6 is 0 Å². The lowest BCUT2D eigenvalue weighted by Gasteiger charge is -2.32. The van der Waals surface area contributed by atoms with Crippen molar-refractivity contribution < 1.29 is 4.79 Å². The lowest BCUT2D eigenvalue weighted by molar-refractivity contribution is -0.131. The molecule has 0 bridgehead atoms. The fraction of sp³-hybridized carbons (Fsp3) is 0.474. The van der Waals surface area contributed by atoms with Gasteiger partial charge in [0, 0.05) is 19.8 Å². The molecule has 1 amide bonds. The number of piperidine rings is 1. The zero-order chi connectivity index (χ0) is 16.9. The van der Waals surface area contributed by atoms with Crippen LogP contribution in [0.3, 0.4) is 0 Å². The number of nitrogens with zero attached hydrogens (tertiary/aromatic N) is 3. The van der Waals surface area contributed by atoms with Crippen molar-refractivity contribution in [2.45, 2.75) is 32.2 Å². The molecule has 0 aliphatic carbocycles. The summed E-state index contributed by atoms with van der Waals surface area (Å²) in [6.07, 6.45) is 6.09. The molecule has 5 nitrogen and oxygen atoms in total. The third-order valence-electron chi connectivity index (χ3n) is 4.90. The summed E-state index contributed by atoms with van der Waals surface area (Å²) in [6.45, 7) is 5.21. The molecule has 128 valence electrons. The summed E-state index contributed by atoms with van der Waals surface area (Å²) in [4.78, 5) is 16.6. The molecule has 0 spiro atoms. The molecule has 0 saturated carbocycles. The Morgan fingerprint density at radius 3 is 2.62 bits per heavy atom. The average Bonchev–Trinajstić information content (AvgIpc) is 3.12. The van der Waals surface area contributed by atoms with Gasteiger partial charge in [0.25, 0.3) is 0 Å². The number of aromatic nitrogens is 2. The summed E-state index contributed by atoms with van der Waals surface area (Å²) >= 11 is 0. The molecule has 3 rings (SSSR count). The van der Waals surface area contributed by atoms with Crippen LogP contribution in [-0.2, 0) is 11.3 Å². The minimum atomic E-state index is 0.192. The van der Waals surface area contributed by atoms with Crippen molar-refractivity contribution in [1.82, 2.24) is 20.0 Å². The van der Waals surface area contributed by atoms with Crippen molar-refractivity contribution in [3.05, 3.63) is 53.3 Å². The number of hydrogen-bond acceptors (Lipinski definition) is 3. The van der Waals surface area contributed by atoms with Gasteiger partial charge in [-0.1, -0.05) is 29.8 Å². The van der Waals surface area contributed by atoms with E-state index in [2.05, 4.69) is 46.3 Å². The van der Waals surface area contributed by atoms with Crippen molar-refractivity contribution in [2.75, 3.05) is 26.7 Å². The van der Waals surface area contributed by atoms with Crippen molar-refractivity contribution >= 4 is 5.91 Å². The van der Waals surface area contributed by atoms with Gasteiger partial charge in [0.15, 0.2) is 0 Å². The minimum Gasteiger partial charge on any atom is -0.340 e. The number of amides is 1. The zero-order valence-corrected chi connectivity index (χ0v) is 14.5. The quantitative estimate of drug-likeness (QED) is 0.919. The molecule has 1 aliphatic rings. The van der Waals surface area contributed by atoms with Crippen LogP contribution in [0.25, 0.3) is 0 Å². The normalized spacial score (nSPS) is 16.2. The van der Waals surface area contributed by atoms with Crippen LogP contribution in [0.15, 0.2) is 36.7 Å². The lowest BCUT2D eigenvalue weighted by atomic mass is 9.91. The topological polar surface area (TPSA) is 52.2 Å². The highest BCUT2D eigenvalue weighted by Gasteiger charge is 2.23. The number of hydrogen-bond donors (Lipinski definition) is 1. The van der Waals surface area contributed by atoms with Crippen LogP contribution in [-0.4, -0.2) is 52.6 Å². The number of aryl methyl sites for hydroxylation is 1. The van der Waals surface area contributed by atoms with Crippen molar-refractivity contribution in [1.29, 1.82) is 0 Å². The molecule has 0 radical (unpaired) electrons. The van der Waals surface area contributed by atoms with Gasteiger partial charge in [0.05, 0.1) is 12.7 Å². The Kier molecular flexibility index (Phi) is 5.30. The van der Waals surface area contributed by atoms with Gasteiger partial charge < -0.3 is 4.90 Å². The van der Waals surface area contributed by atoms with Crippen molar-refractivity contribution in [3.8, 4) is 0 Å². The Bertz CT molecular complexity index is 643. The molecule has 1 aliphatic heterocycles. The van der Waals surface area contributed by atoms with Crippen LogP contribution < -0.4 is 0 Å². The Morgan fingerprint density at radius 1 is 1.29 bits per heavy atom. The number of carbonyl (C=O) groups excluding carboxylic acids is 1. The average molecular weight is 326 g/mol. The summed E-state index contributed by atoms with van der Waals surface area (Å²) in [5.74, 6) is 0.762. The number of rotatable bonds is 5. The van der Waals surface area contributed by atoms with E-state index in [0.717, 1.165) is 25.9 Å². The lowest BCUT2D eigenvalue weighted by Crippen LogP contribution is -2.41. The van der Waals surface area contributed by atoms with Gasteiger partial charge in [-0.25, -0.2) is 0 Å². The second-order valence-corrected chi connectivity index (χ2v) is 6.82. The number of H-pyrrole nitrogens is 1. The van der Waals surface area contributed by atoms with Gasteiger partial charge in [-0.05, 0) is 49.9 Å².